The van der Waals surface area contributed by atoms with Crippen molar-refractivity contribution in [1.29, 1.82) is 0 Å². The highest BCUT2D eigenvalue weighted by Crippen LogP contribution is 2.19. The van der Waals surface area contributed by atoms with Gasteiger partial charge in [0.05, 0.1) is 11.9 Å². The number of piperidine rings is 1. The maximum atomic E-state index is 12.8. The van der Waals surface area contributed by atoms with Gasteiger partial charge in [-0.1, -0.05) is 18.2 Å². The van der Waals surface area contributed by atoms with Crippen LogP contribution >= 0.6 is 0 Å². The second-order valence-corrected chi connectivity index (χ2v) is 6.48. The Bertz CT molecular complexity index is 958. The second kappa shape index (κ2) is 7.49. The standard InChI is InChI=1S/C20H20N4O3/c25-19-13-18(22-24(19)15-5-2-1-3-6-15)20(26)23-11-8-16(9-12-23)27-17-7-4-10-21-14-17/h1-7,10,13-14,16,22H,8-9,11-12H2. The predicted octanol–water partition coefficient (Wildman–Crippen LogP) is 2.24. The number of hydrogen-bond acceptors (Lipinski definition) is 4. The van der Waals surface area contributed by atoms with Crippen LogP contribution in [0.2, 0.25) is 0 Å². The third-order valence-electron chi connectivity index (χ3n) is 4.63. The third-order valence-corrected chi connectivity index (χ3v) is 4.63. The third kappa shape index (κ3) is 3.76. The van der Waals surface area contributed by atoms with Gasteiger partial charge in [0.1, 0.15) is 17.5 Å². The number of benzene rings is 1. The predicted molar refractivity (Wildman–Crippen MR) is 100 cm³/mol. The zero-order valence-electron chi connectivity index (χ0n) is 14.7. The molecule has 3 aromatic rings. The fourth-order valence-electron chi connectivity index (χ4n) is 3.23. The monoisotopic (exact) mass is 364 g/mol. The minimum atomic E-state index is -0.251. The topological polar surface area (TPSA) is 80.2 Å². The molecule has 0 saturated carbocycles. The van der Waals surface area contributed by atoms with E-state index in [-0.39, 0.29) is 17.6 Å². The number of pyridine rings is 1. The van der Waals surface area contributed by atoms with E-state index in [1.807, 2.05) is 42.5 Å². The molecule has 0 unspecified atom stereocenters. The van der Waals surface area contributed by atoms with Gasteiger partial charge in [-0.05, 0) is 24.3 Å². The molecule has 1 saturated heterocycles. The molecule has 3 heterocycles. The lowest BCUT2D eigenvalue weighted by Crippen LogP contribution is -2.42. The second-order valence-electron chi connectivity index (χ2n) is 6.48. The smallest absolute Gasteiger partial charge is 0.271 e. The summed E-state index contributed by atoms with van der Waals surface area (Å²) in [6.07, 6.45) is 4.94. The number of hydrogen-bond donors (Lipinski definition) is 1. The van der Waals surface area contributed by atoms with Gasteiger partial charge in [0.2, 0.25) is 0 Å². The van der Waals surface area contributed by atoms with Crippen LogP contribution in [0, 0.1) is 0 Å². The molecule has 1 aliphatic heterocycles. The van der Waals surface area contributed by atoms with Crippen LogP contribution in [0.25, 0.3) is 5.69 Å². The lowest BCUT2D eigenvalue weighted by atomic mass is 10.1. The van der Waals surface area contributed by atoms with Gasteiger partial charge in [-0.2, -0.15) is 0 Å². The number of aromatic amines is 1. The van der Waals surface area contributed by atoms with E-state index in [9.17, 15) is 9.59 Å². The van der Waals surface area contributed by atoms with Crippen molar-refractivity contribution in [3.8, 4) is 11.4 Å². The molecule has 27 heavy (non-hydrogen) atoms. The van der Waals surface area contributed by atoms with Crippen molar-refractivity contribution in [2.45, 2.75) is 18.9 Å². The fraction of sp³-hybridized carbons (Fsp3) is 0.250. The zero-order valence-corrected chi connectivity index (χ0v) is 14.7. The van der Waals surface area contributed by atoms with Crippen molar-refractivity contribution in [3.63, 3.8) is 0 Å². The van der Waals surface area contributed by atoms with Crippen LogP contribution in [0.3, 0.4) is 0 Å². The number of aromatic nitrogens is 3. The molecule has 0 spiro atoms. The SMILES string of the molecule is O=C(c1cc(=O)n(-c2ccccc2)[nH]1)N1CCC(Oc2cccnc2)CC1. The number of likely N-dealkylation sites (tertiary alicyclic amines) is 1. The Kier molecular flexibility index (Phi) is 4.74. The average Bonchev–Trinajstić information content (AvgIpc) is 3.11. The van der Waals surface area contributed by atoms with Crippen molar-refractivity contribution in [1.82, 2.24) is 19.7 Å². The highest BCUT2D eigenvalue weighted by molar-refractivity contribution is 5.92. The van der Waals surface area contributed by atoms with E-state index in [2.05, 4.69) is 10.1 Å². The van der Waals surface area contributed by atoms with Gasteiger partial charge < -0.3 is 9.64 Å². The maximum Gasteiger partial charge on any atom is 0.271 e. The molecule has 0 atom stereocenters. The fourth-order valence-corrected chi connectivity index (χ4v) is 3.23. The Morgan fingerprint density at radius 3 is 2.59 bits per heavy atom. The summed E-state index contributed by atoms with van der Waals surface area (Å²) >= 11 is 0. The van der Waals surface area contributed by atoms with Crippen molar-refractivity contribution < 1.29 is 9.53 Å². The van der Waals surface area contributed by atoms with E-state index in [0.717, 1.165) is 18.6 Å². The Hall–Kier alpha value is -3.35. The van der Waals surface area contributed by atoms with Gasteiger partial charge in [-0.25, -0.2) is 4.68 Å². The molecule has 0 radical (unpaired) electrons. The summed E-state index contributed by atoms with van der Waals surface area (Å²) < 4.78 is 7.29. The first kappa shape index (κ1) is 17.1. The van der Waals surface area contributed by atoms with E-state index in [0.29, 0.717) is 24.5 Å². The zero-order chi connectivity index (χ0) is 18.6. The van der Waals surface area contributed by atoms with Gasteiger partial charge in [0.25, 0.3) is 11.5 Å². The number of para-hydroxylation sites is 1. The molecule has 1 N–H and O–H groups in total. The minimum absolute atomic E-state index is 0.0613. The first-order valence-electron chi connectivity index (χ1n) is 8.94. The van der Waals surface area contributed by atoms with Crippen molar-refractivity contribution in [2.24, 2.45) is 0 Å². The van der Waals surface area contributed by atoms with Crippen LogP contribution in [0.4, 0.5) is 0 Å². The van der Waals surface area contributed by atoms with Gasteiger partial charge in [0.15, 0.2) is 0 Å². The number of rotatable bonds is 4. The number of carbonyl (C=O) groups excluding carboxylic acids is 1. The summed E-state index contributed by atoms with van der Waals surface area (Å²) in [6.45, 7) is 1.17. The van der Waals surface area contributed by atoms with E-state index in [1.54, 1.807) is 17.3 Å². The summed E-state index contributed by atoms with van der Waals surface area (Å²) in [5.41, 5.74) is 0.750. The Labute approximate surface area is 156 Å². The van der Waals surface area contributed by atoms with Crippen LogP contribution in [-0.2, 0) is 0 Å². The summed E-state index contributed by atoms with van der Waals surface area (Å²) in [5.74, 6) is 0.577. The quantitative estimate of drug-likeness (QED) is 0.770. The largest absolute Gasteiger partial charge is 0.489 e. The molecule has 0 bridgehead atoms. The number of carbonyl (C=O) groups is 1. The molecule has 4 rings (SSSR count). The van der Waals surface area contributed by atoms with Gasteiger partial charge in [-0.15, -0.1) is 0 Å². The first-order chi connectivity index (χ1) is 13.2. The van der Waals surface area contributed by atoms with Gasteiger partial charge >= 0.3 is 0 Å². The molecule has 7 heteroatoms. The molecule has 1 aliphatic rings. The van der Waals surface area contributed by atoms with Crippen LogP contribution < -0.4 is 10.3 Å². The molecular weight excluding hydrogens is 344 g/mol. The van der Waals surface area contributed by atoms with E-state index in [1.165, 1.54) is 10.7 Å². The molecule has 2 aromatic heterocycles. The van der Waals surface area contributed by atoms with Gasteiger partial charge in [0, 0.05) is 38.2 Å². The van der Waals surface area contributed by atoms with Gasteiger partial charge in [-0.3, -0.25) is 19.7 Å². The summed E-state index contributed by atoms with van der Waals surface area (Å²) in [5, 5.41) is 2.92. The van der Waals surface area contributed by atoms with E-state index in [4.69, 9.17) is 4.74 Å². The highest BCUT2D eigenvalue weighted by Gasteiger charge is 2.26. The highest BCUT2D eigenvalue weighted by atomic mass is 16.5. The van der Waals surface area contributed by atoms with E-state index < -0.39 is 0 Å². The minimum Gasteiger partial charge on any atom is -0.489 e. The number of nitrogens with zero attached hydrogens (tertiary/aromatic N) is 3. The lowest BCUT2D eigenvalue weighted by Gasteiger charge is -2.31. The maximum absolute atomic E-state index is 12.8. The molecule has 138 valence electrons. The van der Waals surface area contributed by atoms with Crippen molar-refractivity contribution in [3.05, 3.63) is 77.0 Å². The van der Waals surface area contributed by atoms with Crippen molar-refractivity contribution in [2.75, 3.05) is 13.1 Å². The molecule has 1 fully saturated rings. The molecular formula is C20H20N4O3. The number of amides is 1. The molecule has 1 amide bonds. The molecule has 0 aliphatic carbocycles. The van der Waals surface area contributed by atoms with Crippen LogP contribution in [-0.4, -0.2) is 44.8 Å². The number of ether oxygens (including phenoxy) is 1. The first-order valence-corrected chi connectivity index (χ1v) is 8.94. The summed E-state index contributed by atoms with van der Waals surface area (Å²) in [4.78, 5) is 30.8. The lowest BCUT2D eigenvalue weighted by molar-refractivity contribution is 0.0589. The molecule has 1 aromatic carbocycles. The number of H-pyrrole nitrogens is 1. The van der Waals surface area contributed by atoms with Crippen LogP contribution in [0.1, 0.15) is 23.3 Å². The van der Waals surface area contributed by atoms with Crippen LogP contribution in [0.5, 0.6) is 5.75 Å². The van der Waals surface area contributed by atoms with Crippen molar-refractivity contribution >= 4 is 5.91 Å². The Balaban J connectivity index is 1.41. The average molecular weight is 364 g/mol. The number of nitrogens with one attached hydrogen (secondary N) is 1. The Morgan fingerprint density at radius 1 is 1.11 bits per heavy atom. The van der Waals surface area contributed by atoms with Crippen LogP contribution in [0.15, 0.2) is 65.7 Å². The summed E-state index contributed by atoms with van der Waals surface area (Å²) in [7, 11) is 0. The Morgan fingerprint density at radius 2 is 1.89 bits per heavy atom. The summed E-state index contributed by atoms with van der Waals surface area (Å²) in [6, 6.07) is 14.3. The normalized spacial score (nSPS) is 14.9. The molecule has 7 nitrogen and oxygen atoms in total. The van der Waals surface area contributed by atoms with E-state index >= 15 is 0 Å².